The second-order valence-corrected chi connectivity index (χ2v) is 4.07. The van der Waals surface area contributed by atoms with E-state index in [0.717, 1.165) is 0 Å². The maximum absolute atomic E-state index is 11.1. The fourth-order valence-electron chi connectivity index (χ4n) is 0.618. The van der Waals surface area contributed by atoms with Crippen LogP contribution >= 0.6 is 12.0 Å². The summed E-state index contributed by atoms with van der Waals surface area (Å²) in [6.07, 6.45) is 3.32. The average molecular weight is 158 g/mol. The maximum Gasteiger partial charge on any atom is 0.173 e. The molecule has 0 bridgehead atoms. The second-order valence-electron chi connectivity index (χ2n) is 2.64. The Morgan fingerprint density at radius 3 is 3.10 bits per heavy atom. The van der Waals surface area contributed by atoms with E-state index in [4.69, 9.17) is 4.18 Å². The molecule has 0 aromatic rings. The van der Waals surface area contributed by atoms with Crippen molar-refractivity contribution in [1.29, 1.82) is 0 Å². The summed E-state index contributed by atoms with van der Waals surface area (Å²) in [5.41, 5.74) is 0. The number of carbonyl (C=O) groups is 1. The van der Waals surface area contributed by atoms with Crippen molar-refractivity contribution < 1.29 is 8.98 Å². The van der Waals surface area contributed by atoms with Crippen LogP contribution in [0.15, 0.2) is 12.2 Å². The van der Waals surface area contributed by atoms with Crippen molar-refractivity contribution in [2.45, 2.75) is 18.6 Å². The molecule has 0 atom stereocenters. The van der Waals surface area contributed by atoms with Gasteiger partial charge in [-0.25, -0.2) is 0 Å². The fraction of sp³-hybridized carbons (Fsp3) is 0.571. The molecule has 0 spiro atoms. The van der Waals surface area contributed by atoms with E-state index in [1.165, 1.54) is 12.0 Å². The zero-order valence-corrected chi connectivity index (χ0v) is 6.90. The number of hydrogen-bond donors (Lipinski definition) is 0. The van der Waals surface area contributed by atoms with E-state index >= 15 is 0 Å². The highest BCUT2D eigenvalue weighted by Crippen LogP contribution is 2.28. The molecule has 0 fully saturated rings. The Hall–Kier alpha value is -0.280. The Kier molecular flexibility index (Phi) is 2.16. The van der Waals surface area contributed by atoms with E-state index in [9.17, 15) is 4.79 Å². The number of ketones is 1. The minimum absolute atomic E-state index is 0.120. The van der Waals surface area contributed by atoms with Crippen molar-refractivity contribution in [2.75, 3.05) is 6.61 Å². The third kappa shape index (κ3) is 1.61. The third-order valence-corrected chi connectivity index (χ3v) is 2.17. The van der Waals surface area contributed by atoms with Gasteiger partial charge in [0, 0.05) is 12.0 Å². The first kappa shape index (κ1) is 7.82. The van der Waals surface area contributed by atoms with Gasteiger partial charge in [0.05, 0.1) is 11.4 Å². The van der Waals surface area contributed by atoms with Crippen LogP contribution in [0.4, 0.5) is 0 Å². The normalized spacial score (nSPS) is 24.4. The molecule has 1 aliphatic rings. The molecule has 1 aliphatic heterocycles. The first-order valence-corrected chi connectivity index (χ1v) is 3.89. The molecule has 0 amide bonds. The van der Waals surface area contributed by atoms with Gasteiger partial charge in [0.15, 0.2) is 5.78 Å². The van der Waals surface area contributed by atoms with Crippen LogP contribution in [0.25, 0.3) is 0 Å². The van der Waals surface area contributed by atoms with Crippen LogP contribution in [0, 0.1) is 0 Å². The Balaban J connectivity index is 2.75. The second kappa shape index (κ2) is 2.76. The molecule has 10 heavy (non-hydrogen) atoms. The molecule has 2 nitrogen and oxygen atoms in total. The van der Waals surface area contributed by atoms with Crippen molar-refractivity contribution in [1.82, 2.24) is 0 Å². The Bertz CT molecular complexity index is 172. The highest BCUT2D eigenvalue weighted by Gasteiger charge is 2.28. The predicted octanol–water partition coefficient (Wildman–Crippen LogP) is 1.57. The summed E-state index contributed by atoms with van der Waals surface area (Å²) in [5.74, 6) is 0.120. The van der Waals surface area contributed by atoms with E-state index < -0.39 is 4.75 Å². The summed E-state index contributed by atoms with van der Waals surface area (Å²) >= 11 is 1.24. The van der Waals surface area contributed by atoms with Gasteiger partial charge in [-0.3, -0.25) is 4.79 Å². The molecule has 1 heterocycles. The summed E-state index contributed by atoms with van der Waals surface area (Å²) in [4.78, 5) is 11.1. The molecule has 0 aromatic heterocycles. The molecule has 3 heteroatoms. The summed E-state index contributed by atoms with van der Waals surface area (Å²) < 4.78 is 4.68. The number of hydrogen-bond acceptors (Lipinski definition) is 3. The maximum atomic E-state index is 11.1. The zero-order valence-electron chi connectivity index (χ0n) is 6.09. The Morgan fingerprint density at radius 2 is 2.40 bits per heavy atom. The first-order valence-electron chi connectivity index (χ1n) is 3.14. The van der Waals surface area contributed by atoms with E-state index in [-0.39, 0.29) is 5.78 Å². The van der Waals surface area contributed by atoms with Gasteiger partial charge < -0.3 is 4.18 Å². The number of carbonyl (C=O) groups excluding carboxylic acids is 1. The summed E-state index contributed by atoms with van der Waals surface area (Å²) in [5, 5.41) is 0. The predicted molar refractivity (Wildman–Crippen MR) is 41.8 cm³/mol. The van der Waals surface area contributed by atoms with Crippen LogP contribution in [0.5, 0.6) is 0 Å². The van der Waals surface area contributed by atoms with Gasteiger partial charge in [-0.15, -0.1) is 0 Å². The van der Waals surface area contributed by atoms with Crippen LogP contribution in [-0.2, 0) is 8.98 Å². The lowest BCUT2D eigenvalue weighted by Crippen LogP contribution is -2.24. The lowest BCUT2D eigenvalue weighted by Gasteiger charge is -2.16. The van der Waals surface area contributed by atoms with Crippen LogP contribution in [-0.4, -0.2) is 17.1 Å². The quantitative estimate of drug-likeness (QED) is 0.500. The summed E-state index contributed by atoms with van der Waals surface area (Å²) in [7, 11) is 0. The molecule has 0 saturated heterocycles. The van der Waals surface area contributed by atoms with Crippen LogP contribution in [0.1, 0.15) is 13.8 Å². The standard InChI is InChI=1S/C7H10O2S/c1-7(2)6(8)4-3-5-9-10-7/h3-4H,5H2,1-2H3. The average Bonchev–Trinajstić information content (AvgIpc) is 1.96. The van der Waals surface area contributed by atoms with Gasteiger partial charge in [0.25, 0.3) is 0 Å². The van der Waals surface area contributed by atoms with E-state index in [0.29, 0.717) is 6.61 Å². The van der Waals surface area contributed by atoms with Gasteiger partial charge in [0.2, 0.25) is 0 Å². The highest BCUT2D eigenvalue weighted by molar-refractivity contribution is 7.96. The Labute approximate surface area is 64.8 Å². The number of allylic oxidation sites excluding steroid dienone is 1. The van der Waals surface area contributed by atoms with Gasteiger partial charge >= 0.3 is 0 Å². The molecule has 0 radical (unpaired) electrons. The van der Waals surface area contributed by atoms with Gasteiger partial charge in [-0.1, -0.05) is 6.08 Å². The molecule has 0 aliphatic carbocycles. The van der Waals surface area contributed by atoms with Crippen molar-refractivity contribution in [3.05, 3.63) is 12.2 Å². The summed E-state index contributed by atoms with van der Waals surface area (Å²) in [6, 6.07) is 0. The molecule has 1 rings (SSSR count). The summed E-state index contributed by atoms with van der Waals surface area (Å²) in [6.45, 7) is 4.24. The third-order valence-electron chi connectivity index (χ3n) is 1.29. The molecular formula is C7H10O2S. The zero-order chi connectivity index (χ0) is 7.61. The lowest BCUT2D eigenvalue weighted by molar-refractivity contribution is -0.116. The van der Waals surface area contributed by atoms with Crippen LogP contribution in [0.2, 0.25) is 0 Å². The molecular weight excluding hydrogens is 148 g/mol. The smallest absolute Gasteiger partial charge is 0.173 e. The van der Waals surface area contributed by atoms with E-state index in [2.05, 4.69) is 0 Å². The fourth-order valence-corrected chi connectivity index (χ4v) is 1.21. The van der Waals surface area contributed by atoms with Crippen LogP contribution in [0.3, 0.4) is 0 Å². The van der Waals surface area contributed by atoms with Gasteiger partial charge in [-0.05, 0) is 19.9 Å². The number of rotatable bonds is 0. The van der Waals surface area contributed by atoms with Gasteiger partial charge in [0.1, 0.15) is 0 Å². The first-order chi connectivity index (χ1) is 4.63. The largest absolute Gasteiger partial charge is 0.310 e. The SMILES string of the molecule is CC1(C)SOCC=CC1=O. The topological polar surface area (TPSA) is 26.3 Å². The van der Waals surface area contributed by atoms with Crippen molar-refractivity contribution in [2.24, 2.45) is 0 Å². The minimum Gasteiger partial charge on any atom is -0.310 e. The lowest BCUT2D eigenvalue weighted by atomic mass is 10.1. The Morgan fingerprint density at radius 1 is 1.70 bits per heavy atom. The molecule has 0 unspecified atom stereocenters. The molecule has 0 saturated carbocycles. The molecule has 56 valence electrons. The van der Waals surface area contributed by atoms with E-state index in [1.807, 2.05) is 13.8 Å². The van der Waals surface area contributed by atoms with Crippen molar-refractivity contribution >= 4 is 17.8 Å². The van der Waals surface area contributed by atoms with Crippen molar-refractivity contribution in [3.63, 3.8) is 0 Å². The molecule has 0 aromatic carbocycles. The highest BCUT2D eigenvalue weighted by atomic mass is 32.2. The van der Waals surface area contributed by atoms with Gasteiger partial charge in [-0.2, -0.15) is 0 Å². The van der Waals surface area contributed by atoms with Crippen LogP contribution < -0.4 is 0 Å². The minimum atomic E-state index is -0.410. The van der Waals surface area contributed by atoms with Crippen molar-refractivity contribution in [3.8, 4) is 0 Å². The molecule has 0 N–H and O–H groups in total. The monoisotopic (exact) mass is 158 g/mol. The van der Waals surface area contributed by atoms with E-state index in [1.54, 1.807) is 12.2 Å².